The molecule has 1 fully saturated rings. The Labute approximate surface area is 139 Å². The first-order valence-electron chi connectivity index (χ1n) is 7.67. The molecular formula is C16H22F3N3O2. The Morgan fingerprint density at radius 3 is 2.71 bits per heavy atom. The first kappa shape index (κ1) is 18.4. The molecule has 8 heteroatoms. The van der Waals surface area contributed by atoms with E-state index in [9.17, 15) is 13.2 Å². The molecular weight excluding hydrogens is 323 g/mol. The number of rotatable bonds is 6. The van der Waals surface area contributed by atoms with Crippen molar-refractivity contribution in [3.8, 4) is 5.75 Å². The highest BCUT2D eigenvalue weighted by atomic mass is 19.4. The molecule has 1 aliphatic rings. The van der Waals surface area contributed by atoms with Gasteiger partial charge in [0.05, 0.1) is 6.61 Å². The molecule has 24 heavy (non-hydrogen) atoms. The molecule has 1 aromatic rings. The highest BCUT2D eigenvalue weighted by Gasteiger charge is 2.42. The van der Waals surface area contributed by atoms with Gasteiger partial charge in [0.2, 0.25) is 0 Å². The molecule has 1 aromatic carbocycles. The van der Waals surface area contributed by atoms with Gasteiger partial charge in [-0.3, -0.25) is 4.99 Å². The Bertz CT molecular complexity index is 578. The second kappa shape index (κ2) is 7.74. The van der Waals surface area contributed by atoms with E-state index in [1.807, 2.05) is 6.92 Å². The highest BCUT2D eigenvalue weighted by Crippen LogP contribution is 2.45. The first-order valence-corrected chi connectivity index (χ1v) is 7.67. The molecule has 3 unspecified atom stereocenters. The average molecular weight is 345 g/mol. The molecule has 0 amide bonds. The van der Waals surface area contributed by atoms with Crippen LogP contribution in [0.25, 0.3) is 0 Å². The van der Waals surface area contributed by atoms with Gasteiger partial charge in [-0.2, -0.15) is 0 Å². The van der Waals surface area contributed by atoms with Crippen LogP contribution in [0.1, 0.15) is 24.8 Å². The van der Waals surface area contributed by atoms with Crippen LogP contribution < -0.4 is 15.4 Å². The van der Waals surface area contributed by atoms with Crippen LogP contribution >= 0.6 is 0 Å². The Hall–Kier alpha value is -1.96. The number of para-hydroxylation sites is 1. The van der Waals surface area contributed by atoms with Crippen LogP contribution in [0.4, 0.5) is 13.2 Å². The summed E-state index contributed by atoms with van der Waals surface area (Å²) in [7, 11) is 3.26. The van der Waals surface area contributed by atoms with Crippen molar-refractivity contribution in [1.29, 1.82) is 0 Å². The fraction of sp³-hybridized carbons (Fsp3) is 0.562. The van der Waals surface area contributed by atoms with Crippen molar-refractivity contribution in [2.45, 2.75) is 37.7 Å². The van der Waals surface area contributed by atoms with Crippen molar-refractivity contribution in [2.75, 3.05) is 20.8 Å². The molecule has 0 heterocycles. The standard InChI is InChI=1S/C16H22F3N3O2/c1-10(9-23-3)21-15(20-2)22-13-8-12(13)11-6-4-5-7-14(11)24-16(17,18)19/h4-7,10,12-13H,8-9H2,1-3H3,(H2,20,21,22). The summed E-state index contributed by atoms with van der Waals surface area (Å²) in [5.74, 6) is 0.413. The zero-order valence-corrected chi connectivity index (χ0v) is 13.9. The highest BCUT2D eigenvalue weighted by molar-refractivity contribution is 5.80. The summed E-state index contributed by atoms with van der Waals surface area (Å²) in [6.07, 6.45) is -3.97. The maximum atomic E-state index is 12.5. The van der Waals surface area contributed by atoms with Gasteiger partial charge in [-0.25, -0.2) is 0 Å². The summed E-state index contributed by atoms with van der Waals surface area (Å²) >= 11 is 0. The van der Waals surface area contributed by atoms with Crippen LogP contribution in [0.2, 0.25) is 0 Å². The number of ether oxygens (including phenoxy) is 2. The second-order valence-corrected chi connectivity index (χ2v) is 5.75. The molecule has 0 saturated heterocycles. The topological polar surface area (TPSA) is 54.9 Å². The number of guanidine groups is 1. The molecule has 2 rings (SSSR count). The fourth-order valence-corrected chi connectivity index (χ4v) is 2.57. The largest absolute Gasteiger partial charge is 0.573 e. The lowest BCUT2D eigenvalue weighted by atomic mass is 10.1. The van der Waals surface area contributed by atoms with E-state index in [-0.39, 0.29) is 23.8 Å². The van der Waals surface area contributed by atoms with Crippen LogP contribution in [0, 0.1) is 0 Å². The van der Waals surface area contributed by atoms with Crippen molar-refractivity contribution in [3.63, 3.8) is 0 Å². The summed E-state index contributed by atoms with van der Waals surface area (Å²) in [4.78, 5) is 4.13. The van der Waals surface area contributed by atoms with Crippen LogP contribution in [0.5, 0.6) is 5.75 Å². The SMILES string of the molecule is CN=C(NC(C)COC)NC1CC1c1ccccc1OC(F)(F)F. The lowest BCUT2D eigenvalue weighted by Crippen LogP contribution is -2.45. The number of methoxy groups -OCH3 is 1. The van der Waals surface area contributed by atoms with Gasteiger partial charge in [0.25, 0.3) is 0 Å². The predicted octanol–water partition coefficient (Wildman–Crippen LogP) is 2.64. The zero-order chi connectivity index (χ0) is 17.7. The summed E-state index contributed by atoms with van der Waals surface area (Å²) in [5, 5.41) is 6.38. The summed E-state index contributed by atoms with van der Waals surface area (Å²) < 4.78 is 46.7. The number of halogens is 3. The number of aliphatic imine (C=N–C) groups is 1. The van der Waals surface area contributed by atoms with Gasteiger partial charge in [-0.05, 0) is 25.0 Å². The van der Waals surface area contributed by atoms with Crippen LogP contribution in [-0.4, -0.2) is 45.2 Å². The Morgan fingerprint density at radius 2 is 2.08 bits per heavy atom. The Balaban J connectivity index is 1.98. The predicted molar refractivity (Wildman–Crippen MR) is 85.2 cm³/mol. The molecule has 2 N–H and O–H groups in total. The fourth-order valence-electron chi connectivity index (χ4n) is 2.57. The third kappa shape index (κ3) is 5.30. The molecule has 0 aromatic heterocycles. The molecule has 1 aliphatic carbocycles. The van der Waals surface area contributed by atoms with Gasteiger partial charge < -0.3 is 20.1 Å². The monoisotopic (exact) mass is 345 g/mol. The van der Waals surface area contributed by atoms with Crippen molar-refractivity contribution in [1.82, 2.24) is 10.6 Å². The van der Waals surface area contributed by atoms with Crippen LogP contribution in [0.3, 0.4) is 0 Å². The lowest BCUT2D eigenvalue weighted by Gasteiger charge is -2.17. The average Bonchev–Trinajstić information content (AvgIpc) is 3.24. The molecule has 5 nitrogen and oxygen atoms in total. The van der Waals surface area contributed by atoms with E-state index in [4.69, 9.17) is 4.74 Å². The van der Waals surface area contributed by atoms with E-state index in [1.54, 1.807) is 26.3 Å². The van der Waals surface area contributed by atoms with Gasteiger partial charge in [-0.15, -0.1) is 13.2 Å². The summed E-state index contributed by atoms with van der Waals surface area (Å²) in [5.41, 5.74) is 0.549. The molecule has 1 saturated carbocycles. The van der Waals surface area contributed by atoms with Crippen molar-refractivity contribution in [3.05, 3.63) is 29.8 Å². The van der Waals surface area contributed by atoms with Crippen molar-refractivity contribution >= 4 is 5.96 Å². The van der Waals surface area contributed by atoms with Crippen LogP contribution in [0.15, 0.2) is 29.3 Å². The van der Waals surface area contributed by atoms with E-state index in [1.165, 1.54) is 12.1 Å². The minimum absolute atomic E-state index is 0.0175. The smallest absolute Gasteiger partial charge is 0.405 e. The van der Waals surface area contributed by atoms with Gasteiger partial charge in [-0.1, -0.05) is 18.2 Å². The Kier molecular flexibility index (Phi) is 5.93. The van der Waals surface area contributed by atoms with Crippen molar-refractivity contribution < 1.29 is 22.6 Å². The molecule has 0 radical (unpaired) electrons. The molecule has 0 spiro atoms. The van der Waals surface area contributed by atoms with Gasteiger partial charge in [0.15, 0.2) is 5.96 Å². The molecule has 0 bridgehead atoms. The number of nitrogens with one attached hydrogen (secondary N) is 2. The van der Waals surface area contributed by atoms with E-state index < -0.39 is 6.36 Å². The van der Waals surface area contributed by atoms with E-state index in [0.717, 1.165) is 6.42 Å². The number of benzene rings is 1. The number of alkyl halides is 3. The van der Waals surface area contributed by atoms with Gasteiger partial charge in [0, 0.05) is 32.2 Å². The quantitative estimate of drug-likeness (QED) is 0.615. The number of nitrogens with zero attached hydrogens (tertiary/aromatic N) is 1. The minimum Gasteiger partial charge on any atom is -0.405 e. The van der Waals surface area contributed by atoms with Gasteiger partial charge >= 0.3 is 6.36 Å². The third-order valence-electron chi connectivity index (χ3n) is 3.68. The maximum absolute atomic E-state index is 12.5. The second-order valence-electron chi connectivity index (χ2n) is 5.75. The normalized spacial score (nSPS) is 22.0. The third-order valence-corrected chi connectivity index (χ3v) is 3.68. The van der Waals surface area contributed by atoms with Crippen LogP contribution in [-0.2, 0) is 4.74 Å². The molecule has 134 valence electrons. The summed E-state index contributed by atoms with van der Waals surface area (Å²) in [6, 6.07) is 6.33. The molecule has 3 atom stereocenters. The molecule has 0 aliphatic heterocycles. The number of hydrogen-bond donors (Lipinski definition) is 2. The van der Waals surface area contributed by atoms with Gasteiger partial charge in [0.1, 0.15) is 5.75 Å². The lowest BCUT2D eigenvalue weighted by molar-refractivity contribution is -0.274. The van der Waals surface area contributed by atoms with E-state index in [2.05, 4.69) is 20.4 Å². The Morgan fingerprint density at radius 1 is 1.38 bits per heavy atom. The maximum Gasteiger partial charge on any atom is 0.573 e. The van der Waals surface area contributed by atoms with E-state index >= 15 is 0 Å². The van der Waals surface area contributed by atoms with Crippen molar-refractivity contribution in [2.24, 2.45) is 4.99 Å². The number of hydrogen-bond acceptors (Lipinski definition) is 3. The minimum atomic E-state index is -4.69. The zero-order valence-electron chi connectivity index (χ0n) is 13.9. The first-order chi connectivity index (χ1) is 11.3. The summed E-state index contributed by atoms with van der Waals surface area (Å²) in [6.45, 7) is 2.48. The van der Waals surface area contributed by atoms with E-state index in [0.29, 0.717) is 18.1 Å².